The van der Waals surface area contributed by atoms with E-state index in [0.717, 1.165) is 36.0 Å². The molecule has 0 bridgehead atoms. The lowest BCUT2D eigenvalue weighted by molar-refractivity contribution is -0.0389. The van der Waals surface area contributed by atoms with Gasteiger partial charge in [0.05, 0.1) is 23.6 Å². The number of aromatic nitrogens is 2. The Morgan fingerprint density at radius 1 is 1.13 bits per heavy atom. The maximum Gasteiger partial charge on any atom is 0.266 e. The number of rotatable bonds is 7. The highest BCUT2D eigenvalue weighted by molar-refractivity contribution is 7.13. The molecule has 1 aliphatic rings. The standard InChI is InChI=1S/C23H27N3O3S/c1-2-29-19-7-5-18(6-8-19)16-25-13-11-23(28,12-14-25)17-26-22(27)10-9-20(24-26)21-4-3-15-30-21/h3-10,15,28H,2,11-14,16-17H2,1H3. The fraction of sp³-hybridized carbons (Fsp3) is 0.391. The molecule has 6 nitrogen and oxygen atoms in total. The number of likely N-dealkylation sites (tertiary alicyclic amines) is 1. The molecule has 0 unspecified atom stereocenters. The summed E-state index contributed by atoms with van der Waals surface area (Å²) in [6, 6.07) is 15.4. The molecule has 4 rings (SSSR count). The molecule has 3 heterocycles. The van der Waals surface area contributed by atoms with E-state index in [2.05, 4.69) is 22.1 Å². The van der Waals surface area contributed by atoms with E-state index in [-0.39, 0.29) is 12.1 Å². The smallest absolute Gasteiger partial charge is 0.266 e. The number of aliphatic hydroxyl groups is 1. The van der Waals surface area contributed by atoms with Crippen LogP contribution in [0.4, 0.5) is 0 Å². The zero-order valence-electron chi connectivity index (χ0n) is 17.2. The van der Waals surface area contributed by atoms with E-state index >= 15 is 0 Å². The quantitative estimate of drug-likeness (QED) is 0.628. The molecule has 158 valence electrons. The molecule has 30 heavy (non-hydrogen) atoms. The molecule has 0 amide bonds. The zero-order valence-corrected chi connectivity index (χ0v) is 18.0. The number of nitrogens with zero attached hydrogens (tertiary/aromatic N) is 3. The van der Waals surface area contributed by atoms with Crippen molar-refractivity contribution in [1.82, 2.24) is 14.7 Å². The third-order valence-electron chi connectivity index (χ3n) is 5.51. The van der Waals surface area contributed by atoms with Crippen molar-refractivity contribution in [1.29, 1.82) is 0 Å². The largest absolute Gasteiger partial charge is 0.494 e. The molecule has 0 saturated carbocycles. The van der Waals surface area contributed by atoms with Gasteiger partial charge < -0.3 is 9.84 Å². The highest BCUT2D eigenvalue weighted by Gasteiger charge is 2.33. The summed E-state index contributed by atoms with van der Waals surface area (Å²) < 4.78 is 6.91. The highest BCUT2D eigenvalue weighted by atomic mass is 32.1. The third kappa shape index (κ3) is 4.98. The summed E-state index contributed by atoms with van der Waals surface area (Å²) in [5.74, 6) is 0.886. The Hall–Kier alpha value is -2.48. The Morgan fingerprint density at radius 2 is 1.90 bits per heavy atom. The van der Waals surface area contributed by atoms with Crippen LogP contribution < -0.4 is 10.3 Å². The van der Waals surface area contributed by atoms with Crippen LogP contribution in [0.1, 0.15) is 25.3 Å². The SMILES string of the molecule is CCOc1ccc(CN2CCC(O)(Cn3nc(-c4cccs4)ccc3=O)CC2)cc1. The van der Waals surface area contributed by atoms with Gasteiger partial charge in [-0.3, -0.25) is 9.69 Å². The predicted molar refractivity (Wildman–Crippen MR) is 119 cm³/mol. The molecular formula is C23H27N3O3S. The van der Waals surface area contributed by atoms with Crippen LogP contribution in [0.5, 0.6) is 5.75 Å². The maximum absolute atomic E-state index is 12.3. The topological polar surface area (TPSA) is 67.6 Å². The molecule has 1 aliphatic heterocycles. The lowest BCUT2D eigenvalue weighted by Gasteiger charge is -2.38. The van der Waals surface area contributed by atoms with Crippen LogP contribution in [-0.2, 0) is 13.1 Å². The van der Waals surface area contributed by atoms with E-state index in [0.29, 0.717) is 19.4 Å². The first kappa shape index (κ1) is 20.8. The molecule has 3 aromatic rings. The van der Waals surface area contributed by atoms with Crippen molar-refractivity contribution >= 4 is 11.3 Å². The second-order valence-electron chi connectivity index (χ2n) is 7.77. The van der Waals surface area contributed by atoms with Gasteiger partial charge in [0.2, 0.25) is 0 Å². The van der Waals surface area contributed by atoms with E-state index in [1.165, 1.54) is 16.3 Å². The average molecular weight is 426 g/mol. The Kier molecular flexibility index (Phi) is 6.32. The van der Waals surface area contributed by atoms with E-state index < -0.39 is 5.60 Å². The number of hydrogen-bond acceptors (Lipinski definition) is 6. The highest BCUT2D eigenvalue weighted by Crippen LogP contribution is 2.26. The first-order valence-corrected chi connectivity index (χ1v) is 11.2. The van der Waals surface area contributed by atoms with Gasteiger partial charge in [-0.25, -0.2) is 4.68 Å². The third-order valence-corrected chi connectivity index (χ3v) is 6.40. The molecule has 0 aliphatic carbocycles. The normalized spacial score (nSPS) is 16.5. The molecule has 7 heteroatoms. The lowest BCUT2D eigenvalue weighted by atomic mass is 9.91. The second-order valence-corrected chi connectivity index (χ2v) is 8.72. The predicted octanol–water partition coefficient (Wildman–Crippen LogP) is 3.40. The molecule has 1 saturated heterocycles. The van der Waals surface area contributed by atoms with Crippen LogP contribution in [0.3, 0.4) is 0 Å². The van der Waals surface area contributed by atoms with Crippen molar-refractivity contribution < 1.29 is 9.84 Å². The number of thiophene rings is 1. The Morgan fingerprint density at radius 3 is 2.57 bits per heavy atom. The molecule has 1 N–H and O–H groups in total. The van der Waals surface area contributed by atoms with Crippen molar-refractivity contribution in [3.63, 3.8) is 0 Å². The summed E-state index contributed by atoms with van der Waals surface area (Å²) in [6.45, 7) is 5.27. The van der Waals surface area contributed by atoms with Gasteiger partial charge >= 0.3 is 0 Å². The number of benzene rings is 1. The Bertz CT molecular complexity index is 1010. The molecule has 1 aromatic carbocycles. The summed E-state index contributed by atoms with van der Waals surface area (Å²) >= 11 is 1.59. The van der Waals surface area contributed by atoms with Gasteiger partial charge in [0.1, 0.15) is 11.4 Å². The summed E-state index contributed by atoms with van der Waals surface area (Å²) in [5, 5.41) is 17.6. The fourth-order valence-corrected chi connectivity index (χ4v) is 4.49. The number of piperidine rings is 1. The van der Waals surface area contributed by atoms with Crippen LogP contribution in [-0.4, -0.2) is 45.1 Å². The molecule has 1 fully saturated rings. The van der Waals surface area contributed by atoms with Crippen molar-refractivity contribution in [2.45, 2.75) is 38.5 Å². The van der Waals surface area contributed by atoms with Gasteiger partial charge in [0, 0.05) is 25.7 Å². The van der Waals surface area contributed by atoms with E-state index in [1.54, 1.807) is 17.4 Å². The summed E-state index contributed by atoms with van der Waals surface area (Å²) in [6.07, 6.45) is 1.22. The zero-order chi connectivity index (χ0) is 21.0. The minimum atomic E-state index is -0.916. The maximum atomic E-state index is 12.3. The van der Waals surface area contributed by atoms with Crippen molar-refractivity contribution in [3.05, 3.63) is 69.8 Å². The van der Waals surface area contributed by atoms with Gasteiger partial charge in [-0.15, -0.1) is 11.3 Å². The van der Waals surface area contributed by atoms with Crippen molar-refractivity contribution in [2.75, 3.05) is 19.7 Å². The number of hydrogen-bond donors (Lipinski definition) is 1. The first-order valence-electron chi connectivity index (χ1n) is 10.3. The van der Waals surface area contributed by atoms with Crippen molar-refractivity contribution in [2.24, 2.45) is 0 Å². The van der Waals surface area contributed by atoms with Crippen LogP contribution in [0.25, 0.3) is 10.6 Å². The van der Waals surface area contributed by atoms with Gasteiger partial charge in [0.25, 0.3) is 5.56 Å². The Balaban J connectivity index is 1.37. The van der Waals surface area contributed by atoms with Crippen molar-refractivity contribution in [3.8, 4) is 16.3 Å². The minimum absolute atomic E-state index is 0.180. The van der Waals surface area contributed by atoms with Gasteiger partial charge in [-0.05, 0) is 55.0 Å². The van der Waals surface area contributed by atoms with Crippen LogP contribution >= 0.6 is 11.3 Å². The van der Waals surface area contributed by atoms with Gasteiger partial charge in [0.15, 0.2) is 0 Å². The van der Waals surface area contributed by atoms with Gasteiger partial charge in [-0.1, -0.05) is 18.2 Å². The van der Waals surface area contributed by atoms with Crippen LogP contribution in [0.15, 0.2) is 58.7 Å². The second kappa shape index (κ2) is 9.12. The Labute approximate surface area is 180 Å². The molecule has 2 aromatic heterocycles. The summed E-state index contributed by atoms with van der Waals surface area (Å²) in [7, 11) is 0. The average Bonchev–Trinajstić information content (AvgIpc) is 3.28. The van der Waals surface area contributed by atoms with E-state index in [4.69, 9.17) is 4.74 Å². The fourth-order valence-electron chi connectivity index (χ4n) is 3.80. The minimum Gasteiger partial charge on any atom is -0.494 e. The van der Waals surface area contributed by atoms with Crippen LogP contribution in [0.2, 0.25) is 0 Å². The lowest BCUT2D eigenvalue weighted by Crippen LogP contribution is -2.48. The monoisotopic (exact) mass is 425 g/mol. The first-order chi connectivity index (χ1) is 14.5. The molecular weight excluding hydrogens is 398 g/mol. The van der Waals surface area contributed by atoms with E-state index in [9.17, 15) is 9.90 Å². The summed E-state index contributed by atoms with van der Waals surface area (Å²) in [4.78, 5) is 15.7. The van der Waals surface area contributed by atoms with E-state index in [1.807, 2.05) is 36.6 Å². The molecule has 0 atom stereocenters. The van der Waals surface area contributed by atoms with Crippen LogP contribution in [0, 0.1) is 0 Å². The number of ether oxygens (including phenoxy) is 1. The molecule has 0 radical (unpaired) electrons. The molecule has 0 spiro atoms. The summed E-state index contributed by atoms with van der Waals surface area (Å²) in [5.41, 5.74) is 0.896. The van der Waals surface area contributed by atoms with Gasteiger partial charge in [-0.2, -0.15) is 5.10 Å².